The Kier molecular flexibility index (Phi) is 7.06. The molecule has 134 valence electrons. The first-order valence-electron chi connectivity index (χ1n) is 8.68. The van der Waals surface area contributed by atoms with Crippen molar-refractivity contribution in [3.8, 4) is 0 Å². The monoisotopic (exact) mass is 335 g/mol. The highest BCUT2D eigenvalue weighted by molar-refractivity contribution is 5.68. The Morgan fingerprint density at radius 3 is 2.62 bits per heavy atom. The van der Waals surface area contributed by atoms with Gasteiger partial charge in [-0.3, -0.25) is 4.90 Å². The molecule has 2 rings (SSSR count). The average molecular weight is 335 g/mol. The molecule has 0 radical (unpaired) electrons. The fourth-order valence-corrected chi connectivity index (χ4v) is 2.61. The molecule has 5 nitrogen and oxygen atoms in total. The van der Waals surface area contributed by atoms with E-state index in [1.54, 1.807) is 4.90 Å². The Labute approximate surface area is 144 Å². The Balaban J connectivity index is 1.72. The van der Waals surface area contributed by atoms with Crippen molar-refractivity contribution in [3.63, 3.8) is 0 Å². The van der Waals surface area contributed by atoms with Crippen LogP contribution in [0.25, 0.3) is 0 Å². The van der Waals surface area contributed by atoms with Crippen LogP contribution in [-0.4, -0.2) is 42.6 Å². The Hall–Kier alpha value is -1.59. The largest absolute Gasteiger partial charge is 0.444 e. The van der Waals surface area contributed by atoms with Crippen molar-refractivity contribution in [3.05, 3.63) is 35.9 Å². The molecular weight excluding hydrogens is 306 g/mol. The number of ether oxygens (including phenoxy) is 3. The second-order valence-electron chi connectivity index (χ2n) is 7.03. The highest BCUT2D eigenvalue weighted by atomic mass is 16.6. The van der Waals surface area contributed by atoms with Gasteiger partial charge in [0, 0.05) is 6.54 Å². The van der Waals surface area contributed by atoms with Gasteiger partial charge in [-0.2, -0.15) is 0 Å². The van der Waals surface area contributed by atoms with Crippen molar-refractivity contribution in [2.75, 3.05) is 19.8 Å². The first kappa shape index (κ1) is 18.7. The number of benzene rings is 1. The maximum atomic E-state index is 12.3. The predicted octanol–water partition coefficient (Wildman–Crippen LogP) is 3.97. The summed E-state index contributed by atoms with van der Waals surface area (Å²) in [7, 11) is 0. The molecule has 1 aliphatic heterocycles. The van der Waals surface area contributed by atoms with Gasteiger partial charge in [0.25, 0.3) is 0 Å². The summed E-state index contributed by atoms with van der Waals surface area (Å²) in [6.45, 7) is 7.87. The molecule has 0 bridgehead atoms. The van der Waals surface area contributed by atoms with E-state index in [1.807, 2.05) is 51.1 Å². The predicted molar refractivity (Wildman–Crippen MR) is 92.6 cm³/mol. The molecule has 1 atom stereocenters. The molecule has 1 unspecified atom stereocenters. The number of carbonyl (C=O) groups excluding carboxylic acids is 1. The number of hydrogen-bond acceptors (Lipinski definition) is 4. The van der Waals surface area contributed by atoms with Crippen LogP contribution >= 0.6 is 0 Å². The molecule has 1 aromatic carbocycles. The minimum absolute atomic E-state index is 0.214. The van der Waals surface area contributed by atoms with E-state index in [2.05, 4.69) is 0 Å². The van der Waals surface area contributed by atoms with Gasteiger partial charge in [-0.05, 0) is 45.6 Å². The smallest absolute Gasteiger partial charge is 0.412 e. The minimum atomic E-state index is -0.488. The maximum absolute atomic E-state index is 12.3. The number of rotatable bonds is 6. The zero-order valence-corrected chi connectivity index (χ0v) is 15.0. The molecule has 0 saturated carbocycles. The quantitative estimate of drug-likeness (QED) is 0.738. The molecule has 0 aromatic heterocycles. The highest BCUT2D eigenvalue weighted by Crippen LogP contribution is 2.21. The molecule has 1 fully saturated rings. The van der Waals surface area contributed by atoms with Gasteiger partial charge < -0.3 is 14.2 Å². The fourth-order valence-electron chi connectivity index (χ4n) is 2.61. The Morgan fingerprint density at radius 2 is 1.92 bits per heavy atom. The molecule has 1 amide bonds. The van der Waals surface area contributed by atoms with Gasteiger partial charge in [-0.25, -0.2) is 4.79 Å². The van der Waals surface area contributed by atoms with Gasteiger partial charge in [0.15, 0.2) is 0 Å². The molecule has 0 spiro atoms. The Morgan fingerprint density at radius 1 is 1.17 bits per heavy atom. The summed E-state index contributed by atoms with van der Waals surface area (Å²) in [5.74, 6) is 0. The average Bonchev–Trinajstić information content (AvgIpc) is 2.54. The summed E-state index contributed by atoms with van der Waals surface area (Å²) >= 11 is 0. The third kappa shape index (κ3) is 6.49. The van der Waals surface area contributed by atoms with Crippen molar-refractivity contribution < 1.29 is 19.0 Å². The number of piperidine rings is 1. The maximum Gasteiger partial charge on any atom is 0.412 e. The molecule has 24 heavy (non-hydrogen) atoms. The third-order valence-corrected chi connectivity index (χ3v) is 3.73. The summed E-state index contributed by atoms with van der Waals surface area (Å²) in [5, 5.41) is 0. The van der Waals surface area contributed by atoms with Crippen LogP contribution in [0.3, 0.4) is 0 Å². The van der Waals surface area contributed by atoms with E-state index in [0.29, 0.717) is 26.4 Å². The molecule has 1 heterocycles. The fraction of sp³-hybridized carbons (Fsp3) is 0.632. The molecule has 1 saturated heterocycles. The van der Waals surface area contributed by atoms with Crippen LogP contribution in [0.2, 0.25) is 0 Å². The first-order valence-corrected chi connectivity index (χ1v) is 8.68. The molecule has 0 N–H and O–H groups in total. The topological polar surface area (TPSA) is 48.0 Å². The zero-order valence-electron chi connectivity index (χ0n) is 15.0. The number of hydrogen-bond donors (Lipinski definition) is 0. The third-order valence-electron chi connectivity index (χ3n) is 3.73. The second-order valence-corrected chi connectivity index (χ2v) is 7.03. The van der Waals surface area contributed by atoms with Gasteiger partial charge in [0.1, 0.15) is 11.8 Å². The van der Waals surface area contributed by atoms with E-state index in [9.17, 15) is 4.79 Å². The van der Waals surface area contributed by atoms with Crippen LogP contribution in [0.5, 0.6) is 0 Å². The van der Waals surface area contributed by atoms with Crippen LogP contribution in [0.15, 0.2) is 30.3 Å². The van der Waals surface area contributed by atoms with E-state index < -0.39 is 5.60 Å². The number of amides is 1. The van der Waals surface area contributed by atoms with Gasteiger partial charge in [0.05, 0.1) is 19.8 Å². The van der Waals surface area contributed by atoms with Crippen molar-refractivity contribution in [2.45, 2.75) is 58.5 Å². The normalized spacial score (nSPS) is 18.5. The lowest BCUT2D eigenvalue weighted by Gasteiger charge is -2.36. The van der Waals surface area contributed by atoms with Crippen LogP contribution in [0, 0.1) is 0 Å². The van der Waals surface area contributed by atoms with Crippen molar-refractivity contribution in [1.29, 1.82) is 0 Å². The van der Waals surface area contributed by atoms with E-state index in [1.165, 1.54) is 0 Å². The molecule has 0 aliphatic carbocycles. The summed E-state index contributed by atoms with van der Waals surface area (Å²) in [4.78, 5) is 14.0. The molecule has 1 aromatic rings. The SMILES string of the molecule is CC(C)(C)OC(=O)N1CCCCC1OCCOCc1ccccc1. The van der Waals surface area contributed by atoms with E-state index in [4.69, 9.17) is 14.2 Å². The van der Waals surface area contributed by atoms with Gasteiger partial charge in [-0.1, -0.05) is 30.3 Å². The van der Waals surface area contributed by atoms with Crippen molar-refractivity contribution in [2.24, 2.45) is 0 Å². The van der Waals surface area contributed by atoms with Crippen molar-refractivity contribution in [1.82, 2.24) is 4.90 Å². The van der Waals surface area contributed by atoms with Gasteiger partial charge in [0.2, 0.25) is 0 Å². The van der Waals surface area contributed by atoms with Crippen LogP contribution in [-0.2, 0) is 20.8 Å². The molecular formula is C19H29NO4. The lowest BCUT2D eigenvalue weighted by atomic mass is 10.1. The lowest BCUT2D eigenvalue weighted by Crippen LogP contribution is -2.47. The van der Waals surface area contributed by atoms with Gasteiger partial charge >= 0.3 is 6.09 Å². The number of nitrogens with zero attached hydrogens (tertiary/aromatic N) is 1. The number of carbonyl (C=O) groups is 1. The minimum Gasteiger partial charge on any atom is -0.444 e. The van der Waals surface area contributed by atoms with Crippen LogP contribution in [0.1, 0.15) is 45.6 Å². The van der Waals surface area contributed by atoms with Crippen molar-refractivity contribution >= 4 is 6.09 Å². The molecule has 5 heteroatoms. The van der Waals surface area contributed by atoms with Crippen LogP contribution < -0.4 is 0 Å². The summed E-state index contributed by atoms with van der Waals surface area (Å²) in [6.07, 6.45) is 2.39. The first-order chi connectivity index (χ1) is 11.5. The van der Waals surface area contributed by atoms with Gasteiger partial charge in [-0.15, -0.1) is 0 Å². The van der Waals surface area contributed by atoms with E-state index >= 15 is 0 Å². The van der Waals surface area contributed by atoms with E-state index in [0.717, 1.165) is 24.8 Å². The Bertz CT molecular complexity index is 498. The second kappa shape index (κ2) is 9.04. The summed E-state index contributed by atoms with van der Waals surface area (Å²) in [5.41, 5.74) is 0.656. The zero-order chi connectivity index (χ0) is 17.4. The number of likely N-dealkylation sites (tertiary alicyclic amines) is 1. The van der Waals surface area contributed by atoms with Crippen LogP contribution in [0.4, 0.5) is 4.79 Å². The lowest BCUT2D eigenvalue weighted by molar-refractivity contribution is -0.0953. The highest BCUT2D eigenvalue weighted by Gasteiger charge is 2.30. The summed E-state index contributed by atoms with van der Waals surface area (Å²) < 4.78 is 17.0. The standard InChI is InChI=1S/C19H29NO4/c1-19(2,3)24-18(21)20-12-8-7-11-17(20)23-14-13-22-15-16-9-5-4-6-10-16/h4-6,9-10,17H,7-8,11-15H2,1-3H3. The van der Waals surface area contributed by atoms with E-state index in [-0.39, 0.29) is 12.3 Å². The molecule has 1 aliphatic rings. The summed E-state index contributed by atoms with van der Waals surface area (Å²) in [6, 6.07) is 10.0.